The summed E-state index contributed by atoms with van der Waals surface area (Å²) < 4.78 is 5.26. The van der Waals surface area contributed by atoms with Gasteiger partial charge in [0.25, 0.3) is 5.95 Å². The summed E-state index contributed by atoms with van der Waals surface area (Å²) in [6, 6.07) is 0. The van der Waals surface area contributed by atoms with Crippen LogP contribution in [0, 0.1) is 12.8 Å². The Bertz CT molecular complexity index is 299. The molecule has 1 atom stereocenters. The second-order valence-corrected chi connectivity index (χ2v) is 3.78. The summed E-state index contributed by atoms with van der Waals surface area (Å²) in [5.74, 6) is 1.82. The second-order valence-electron chi connectivity index (χ2n) is 3.78. The predicted molar refractivity (Wildman–Crippen MR) is 46.3 cm³/mol. The smallest absolute Gasteiger partial charge is 0.285 e. The fourth-order valence-corrected chi connectivity index (χ4v) is 1.89. The van der Waals surface area contributed by atoms with E-state index < -0.39 is 0 Å². The van der Waals surface area contributed by atoms with Gasteiger partial charge in [0, 0.05) is 17.5 Å². The Kier molecular flexibility index (Phi) is 1.63. The van der Waals surface area contributed by atoms with Crippen LogP contribution >= 0.6 is 0 Å². The molecule has 0 spiro atoms. The van der Waals surface area contributed by atoms with E-state index in [1.165, 1.54) is 12.0 Å². The Morgan fingerprint density at radius 3 is 3.00 bits per heavy atom. The third-order valence-electron chi connectivity index (χ3n) is 2.75. The normalized spacial score (nSPS) is 22.3. The van der Waals surface area contributed by atoms with Gasteiger partial charge in [-0.2, -0.15) is 0 Å². The van der Waals surface area contributed by atoms with Crippen molar-refractivity contribution in [3.63, 3.8) is 0 Å². The minimum atomic E-state index is 0.120. The molecule has 0 saturated heterocycles. The molecular formula is C10H14O2. The molecule has 2 heteroatoms. The van der Waals surface area contributed by atoms with Crippen LogP contribution in [0.5, 0.6) is 5.95 Å². The number of fused-ring (bicyclic) bond motifs is 1. The Morgan fingerprint density at radius 1 is 1.50 bits per heavy atom. The number of furan rings is 1. The van der Waals surface area contributed by atoms with Crippen LogP contribution in [-0.2, 0) is 12.8 Å². The van der Waals surface area contributed by atoms with E-state index in [1.807, 2.05) is 6.92 Å². The fourth-order valence-electron chi connectivity index (χ4n) is 1.89. The van der Waals surface area contributed by atoms with Gasteiger partial charge < -0.3 is 9.52 Å². The first kappa shape index (κ1) is 7.71. The van der Waals surface area contributed by atoms with Crippen molar-refractivity contribution in [3.05, 3.63) is 16.9 Å². The molecule has 1 N–H and O–H groups in total. The van der Waals surface area contributed by atoms with Gasteiger partial charge in [0.15, 0.2) is 0 Å². The van der Waals surface area contributed by atoms with Gasteiger partial charge in [-0.05, 0) is 25.7 Å². The van der Waals surface area contributed by atoms with E-state index in [4.69, 9.17) is 4.42 Å². The summed E-state index contributed by atoms with van der Waals surface area (Å²) in [5.41, 5.74) is 2.18. The van der Waals surface area contributed by atoms with Crippen molar-refractivity contribution in [2.45, 2.75) is 33.1 Å². The Morgan fingerprint density at radius 2 is 2.25 bits per heavy atom. The number of aromatic hydroxyl groups is 1. The van der Waals surface area contributed by atoms with Crippen molar-refractivity contribution >= 4 is 0 Å². The third kappa shape index (κ3) is 1.02. The van der Waals surface area contributed by atoms with Crippen molar-refractivity contribution in [1.29, 1.82) is 0 Å². The molecule has 1 heterocycles. The maximum atomic E-state index is 9.33. The zero-order valence-corrected chi connectivity index (χ0v) is 7.55. The van der Waals surface area contributed by atoms with Crippen molar-refractivity contribution in [2.24, 2.45) is 5.92 Å². The third-order valence-corrected chi connectivity index (χ3v) is 2.75. The van der Waals surface area contributed by atoms with Crippen molar-refractivity contribution in [1.82, 2.24) is 0 Å². The second kappa shape index (κ2) is 2.54. The molecule has 1 aliphatic carbocycles. The highest BCUT2D eigenvalue weighted by Crippen LogP contribution is 2.34. The van der Waals surface area contributed by atoms with Gasteiger partial charge in [-0.25, -0.2) is 0 Å². The zero-order valence-electron chi connectivity index (χ0n) is 7.55. The van der Waals surface area contributed by atoms with Crippen LogP contribution in [-0.4, -0.2) is 5.11 Å². The Balaban J connectivity index is 2.43. The van der Waals surface area contributed by atoms with E-state index in [-0.39, 0.29) is 5.95 Å². The van der Waals surface area contributed by atoms with Crippen molar-refractivity contribution in [2.75, 3.05) is 0 Å². The highest BCUT2D eigenvalue weighted by atomic mass is 16.5. The van der Waals surface area contributed by atoms with Crippen molar-refractivity contribution < 1.29 is 9.52 Å². The van der Waals surface area contributed by atoms with Crippen molar-refractivity contribution in [3.8, 4) is 5.95 Å². The van der Waals surface area contributed by atoms with Crippen LogP contribution in [0.3, 0.4) is 0 Å². The lowest BCUT2D eigenvalue weighted by molar-refractivity contribution is 0.304. The van der Waals surface area contributed by atoms with Crippen LogP contribution in [0.15, 0.2) is 4.42 Å². The van der Waals surface area contributed by atoms with E-state index in [2.05, 4.69) is 6.92 Å². The molecule has 2 rings (SSSR count). The monoisotopic (exact) mass is 166 g/mol. The van der Waals surface area contributed by atoms with Gasteiger partial charge in [0.1, 0.15) is 5.76 Å². The molecule has 0 unspecified atom stereocenters. The molecule has 0 saturated carbocycles. The molecule has 0 fully saturated rings. The number of hydrogen-bond acceptors (Lipinski definition) is 2. The summed E-state index contributed by atoms with van der Waals surface area (Å²) in [7, 11) is 0. The molecule has 0 aliphatic heterocycles. The van der Waals surface area contributed by atoms with Crippen LogP contribution in [0.4, 0.5) is 0 Å². The topological polar surface area (TPSA) is 33.4 Å². The molecule has 0 aromatic carbocycles. The van der Waals surface area contributed by atoms with Gasteiger partial charge in [-0.1, -0.05) is 6.92 Å². The lowest BCUT2D eigenvalue weighted by Gasteiger charge is -2.16. The average Bonchev–Trinajstić information content (AvgIpc) is 2.28. The molecule has 0 amide bonds. The van der Waals surface area contributed by atoms with Gasteiger partial charge in [0.05, 0.1) is 0 Å². The SMILES string of the molecule is Cc1c(O)oc2c1CC[C@H](C)C2. The summed E-state index contributed by atoms with van der Waals surface area (Å²) in [6.07, 6.45) is 3.26. The van der Waals surface area contributed by atoms with Crippen LogP contribution in [0.1, 0.15) is 30.2 Å². The summed E-state index contributed by atoms with van der Waals surface area (Å²) >= 11 is 0. The van der Waals surface area contributed by atoms with Gasteiger partial charge in [0.2, 0.25) is 0 Å². The minimum Gasteiger partial charge on any atom is -0.481 e. The zero-order chi connectivity index (χ0) is 8.72. The average molecular weight is 166 g/mol. The van der Waals surface area contributed by atoms with Crippen LogP contribution < -0.4 is 0 Å². The van der Waals surface area contributed by atoms with Crippen LogP contribution in [0.25, 0.3) is 0 Å². The fraction of sp³-hybridized carbons (Fsp3) is 0.600. The molecular weight excluding hydrogens is 152 g/mol. The van der Waals surface area contributed by atoms with E-state index >= 15 is 0 Å². The Labute approximate surface area is 72.2 Å². The standard InChI is InChI=1S/C10H14O2/c1-6-3-4-8-7(2)10(11)12-9(8)5-6/h6,11H,3-5H2,1-2H3/t6-/m0/s1. The van der Waals surface area contributed by atoms with Gasteiger partial charge in [-0.3, -0.25) is 0 Å². The largest absolute Gasteiger partial charge is 0.481 e. The van der Waals surface area contributed by atoms with Gasteiger partial charge >= 0.3 is 0 Å². The summed E-state index contributed by atoms with van der Waals surface area (Å²) in [4.78, 5) is 0. The van der Waals surface area contributed by atoms with E-state index in [0.717, 1.165) is 24.2 Å². The Hall–Kier alpha value is -0.920. The van der Waals surface area contributed by atoms with Crippen LogP contribution in [0.2, 0.25) is 0 Å². The maximum Gasteiger partial charge on any atom is 0.285 e. The lowest BCUT2D eigenvalue weighted by atomic mass is 9.88. The molecule has 12 heavy (non-hydrogen) atoms. The first-order chi connectivity index (χ1) is 5.68. The van der Waals surface area contributed by atoms with Gasteiger partial charge in [-0.15, -0.1) is 0 Å². The number of rotatable bonds is 0. The highest BCUT2D eigenvalue weighted by Gasteiger charge is 2.22. The summed E-state index contributed by atoms with van der Waals surface area (Å²) in [6.45, 7) is 4.14. The molecule has 1 aliphatic rings. The summed E-state index contributed by atoms with van der Waals surface area (Å²) in [5, 5.41) is 9.33. The quantitative estimate of drug-likeness (QED) is 0.642. The lowest BCUT2D eigenvalue weighted by Crippen LogP contribution is -2.09. The molecule has 1 aromatic heterocycles. The number of hydrogen-bond donors (Lipinski definition) is 1. The highest BCUT2D eigenvalue weighted by molar-refractivity contribution is 5.36. The van der Waals surface area contributed by atoms with E-state index in [1.54, 1.807) is 0 Å². The van der Waals surface area contributed by atoms with E-state index in [0.29, 0.717) is 5.92 Å². The first-order valence-electron chi connectivity index (χ1n) is 4.48. The first-order valence-corrected chi connectivity index (χ1v) is 4.48. The maximum absolute atomic E-state index is 9.33. The predicted octanol–water partition coefficient (Wildman–Crippen LogP) is 2.42. The molecule has 1 aromatic rings. The molecule has 0 radical (unpaired) electrons. The van der Waals surface area contributed by atoms with E-state index in [9.17, 15) is 5.11 Å². The minimum absolute atomic E-state index is 0.120. The molecule has 0 bridgehead atoms. The molecule has 2 nitrogen and oxygen atoms in total. The molecule has 66 valence electrons.